The molecule has 0 spiro atoms. The number of alkyl halides is 2. The zero-order valence-electron chi connectivity index (χ0n) is 25.5. The van der Waals surface area contributed by atoms with Crippen LogP contribution in [0.4, 0.5) is 11.4 Å². The molecule has 7 nitrogen and oxygen atoms in total. The largest absolute Gasteiger partial charge is 0.507 e. The molecule has 1 N–H and O–H groups in total. The molecule has 2 amide bonds. The Kier molecular flexibility index (Phi) is 6.82. The second-order valence-corrected chi connectivity index (χ2v) is 14.2. The number of hydrogen-bond donors (Lipinski definition) is 1. The van der Waals surface area contributed by atoms with Crippen LogP contribution in [-0.4, -0.2) is 47.7 Å². The fourth-order valence-corrected chi connectivity index (χ4v) is 9.58. The summed E-state index contributed by atoms with van der Waals surface area (Å²) in [6, 6.07) is 19.0. The summed E-state index contributed by atoms with van der Waals surface area (Å²) in [7, 11) is 0. The summed E-state index contributed by atoms with van der Waals surface area (Å²) in [5, 5.41) is 14.3. The highest BCUT2D eigenvalue weighted by atomic mass is 35.5. The van der Waals surface area contributed by atoms with Crippen LogP contribution in [-0.2, 0) is 14.4 Å². The smallest absolute Gasteiger partial charge is 0.308 e. The van der Waals surface area contributed by atoms with Crippen molar-refractivity contribution in [2.24, 2.45) is 10.8 Å². The number of halogens is 2. The van der Waals surface area contributed by atoms with Crippen molar-refractivity contribution >= 4 is 73.9 Å². The van der Waals surface area contributed by atoms with Gasteiger partial charge in [-0.25, -0.2) is 0 Å². The number of anilines is 2. The Bertz CT molecular complexity index is 1970. The van der Waals surface area contributed by atoms with Gasteiger partial charge in [0.05, 0.1) is 22.2 Å². The first-order valence-electron chi connectivity index (χ1n) is 15.9. The maximum absolute atomic E-state index is 14.7. The third kappa shape index (κ3) is 4.13. The van der Waals surface area contributed by atoms with E-state index in [2.05, 4.69) is 0 Å². The number of amides is 2. The quantitative estimate of drug-likeness (QED) is 0.136. The summed E-state index contributed by atoms with van der Waals surface area (Å²) >= 11 is 13.0. The highest BCUT2D eigenvalue weighted by Crippen LogP contribution is 2.64. The summed E-state index contributed by atoms with van der Waals surface area (Å²) in [6.45, 7) is 2.27. The molecule has 0 saturated heterocycles. The van der Waals surface area contributed by atoms with Gasteiger partial charge in [0.1, 0.15) is 11.5 Å². The van der Waals surface area contributed by atoms with Gasteiger partial charge in [0.25, 0.3) is 0 Å². The molecule has 4 aromatic carbocycles. The maximum Gasteiger partial charge on any atom is 0.308 e. The molecule has 0 aromatic heterocycles. The number of phenolic OH excluding ortho intramolecular Hbond substituents is 1. The van der Waals surface area contributed by atoms with Gasteiger partial charge in [0.15, 0.2) is 0 Å². The van der Waals surface area contributed by atoms with Crippen LogP contribution in [0.1, 0.15) is 62.0 Å². The van der Waals surface area contributed by atoms with Gasteiger partial charge < -0.3 is 19.6 Å². The molecule has 0 radical (unpaired) electrons. The van der Waals surface area contributed by atoms with E-state index in [1.807, 2.05) is 64.4 Å². The van der Waals surface area contributed by atoms with E-state index in [0.29, 0.717) is 62.7 Å². The minimum absolute atomic E-state index is 0.0155. The summed E-state index contributed by atoms with van der Waals surface area (Å²) < 4.78 is 5.63. The molecule has 1 unspecified atom stereocenters. The summed E-state index contributed by atoms with van der Waals surface area (Å²) in [4.78, 5) is 45.0. The lowest BCUT2D eigenvalue weighted by Crippen LogP contribution is -2.42. The molecule has 2 fully saturated rings. The Morgan fingerprint density at radius 2 is 1.22 bits per heavy atom. The van der Waals surface area contributed by atoms with E-state index in [0.717, 1.165) is 44.0 Å². The molecule has 4 aliphatic rings. The predicted octanol–water partition coefficient (Wildman–Crippen LogP) is 7.61. The van der Waals surface area contributed by atoms with Crippen LogP contribution in [0.5, 0.6) is 11.5 Å². The predicted molar refractivity (Wildman–Crippen MR) is 180 cm³/mol. The second-order valence-electron chi connectivity index (χ2n) is 13.6. The number of benzene rings is 4. The normalized spacial score (nSPS) is 26.2. The number of hydrogen-bond acceptors (Lipinski definition) is 5. The van der Waals surface area contributed by atoms with Crippen LogP contribution in [0, 0.1) is 10.8 Å². The van der Waals surface area contributed by atoms with Crippen molar-refractivity contribution in [3.05, 3.63) is 71.8 Å². The molecule has 46 heavy (non-hydrogen) atoms. The SMILES string of the molecule is CC(=O)Oc1cc2c(c3ccccc13)C(CCl)CN2C(=O)C12CCC(C(=O)N3C[C@@H](CCl)c4c3cc(O)c3ccccc43)(CC1)C2. The van der Waals surface area contributed by atoms with Gasteiger partial charge in [-0.2, -0.15) is 0 Å². The lowest BCUT2D eigenvalue weighted by molar-refractivity contribution is -0.132. The van der Waals surface area contributed by atoms with Crippen molar-refractivity contribution in [2.75, 3.05) is 34.6 Å². The molecule has 4 aromatic rings. The molecule has 236 valence electrons. The van der Waals surface area contributed by atoms with Gasteiger partial charge in [-0.1, -0.05) is 48.5 Å². The van der Waals surface area contributed by atoms with Gasteiger partial charge in [-0.15, -0.1) is 23.2 Å². The first-order valence-corrected chi connectivity index (χ1v) is 17.0. The van der Waals surface area contributed by atoms with Crippen LogP contribution in [0.25, 0.3) is 21.5 Å². The molecule has 2 bridgehead atoms. The topological polar surface area (TPSA) is 87.2 Å². The number of carbonyl (C=O) groups excluding carboxylic acids is 3. The zero-order chi connectivity index (χ0) is 32.0. The second kappa shape index (κ2) is 10.6. The lowest BCUT2D eigenvalue weighted by atomic mass is 9.80. The van der Waals surface area contributed by atoms with Crippen LogP contribution in [0.3, 0.4) is 0 Å². The summed E-state index contributed by atoms with van der Waals surface area (Å²) in [5.74, 6) is 0.765. The van der Waals surface area contributed by atoms with Crippen LogP contribution in [0.15, 0.2) is 60.7 Å². The highest BCUT2D eigenvalue weighted by molar-refractivity contribution is 6.20. The first kappa shape index (κ1) is 29.6. The third-order valence-electron chi connectivity index (χ3n) is 11.1. The lowest BCUT2D eigenvalue weighted by Gasteiger charge is -2.32. The average Bonchev–Trinajstić information content (AvgIpc) is 3.84. The number of aromatic hydroxyl groups is 1. The average molecular weight is 658 g/mol. The van der Waals surface area contributed by atoms with E-state index in [-0.39, 0.29) is 29.4 Å². The van der Waals surface area contributed by atoms with Crippen LogP contribution < -0.4 is 14.5 Å². The van der Waals surface area contributed by atoms with Crippen molar-refractivity contribution in [3.63, 3.8) is 0 Å². The van der Waals surface area contributed by atoms with E-state index < -0.39 is 16.8 Å². The van der Waals surface area contributed by atoms with Crippen LogP contribution >= 0.6 is 23.2 Å². The number of esters is 1. The van der Waals surface area contributed by atoms with Gasteiger partial charge in [-0.3, -0.25) is 14.4 Å². The molecule has 2 saturated carbocycles. The Hall–Kier alpha value is -3.81. The van der Waals surface area contributed by atoms with E-state index in [4.69, 9.17) is 27.9 Å². The number of rotatable bonds is 5. The molecule has 2 heterocycles. The number of carbonyl (C=O) groups is 3. The minimum atomic E-state index is -0.665. The summed E-state index contributed by atoms with van der Waals surface area (Å²) in [6.07, 6.45) is 3.00. The minimum Gasteiger partial charge on any atom is -0.507 e. The molecule has 2 aliphatic carbocycles. The Balaban J connectivity index is 1.13. The van der Waals surface area contributed by atoms with Crippen molar-refractivity contribution in [3.8, 4) is 11.5 Å². The number of nitrogens with zero attached hydrogens (tertiary/aromatic N) is 2. The van der Waals surface area contributed by atoms with Crippen molar-refractivity contribution in [2.45, 2.75) is 50.9 Å². The number of phenols is 1. The van der Waals surface area contributed by atoms with Crippen LogP contribution in [0.2, 0.25) is 0 Å². The summed E-state index contributed by atoms with van der Waals surface area (Å²) in [5.41, 5.74) is 2.13. The number of fused-ring (bicyclic) bond motifs is 8. The highest BCUT2D eigenvalue weighted by Gasteiger charge is 2.63. The van der Waals surface area contributed by atoms with E-state index in [1.165, 1.54) is 6.92 Å². The van der Waals surface area contributed by atoms with E-state index in [9.17, 15) is 19.5 Å². The first-order chi connectivity index (χ1) is 22.2. The monoisotopic (exact) mass is 656 g/mol. The standard InChI is InChI=1S/C37H34Cl2N2O5/c1-21(42)46-31-15-29-33(27-9-5-3-7-25(27)31)23(17-39)19-41(29)35(45)37-12-10-36(20-37,11-13-37)34(44)40-18-22(16-38)32-26-8-4-2-6-24(26)30(43)14-28(32)40/h2-9,14-15,22-23,43H,10-13,16-20H2,1H3/t22-,23?,36?,37?/m1/s1. The fraction of sp³-hybridized carbons (Fsp3) is 0.378. The van der Waals surface area contributed by atoms with E-state index in [1.54, 1.807) is 6.07 Å². The molecule has 2 aliphatic heterocycles. The van der Waals surface area contributed by atoms with Gasteiger partial charge in [0.2, 0.25) is 11.8 Å². The van der Waals surface area contributed by atoms with Crippen molar-refractivity contribution in [1.82, 2.24) is 0 Å². The Morgan fingerprint density at radius 3 is 1.72 bits per heavy atom. The molecular formula is C37H34Cl2N2O5. The fourth-order valence-electron chi connectivity index (χ4n) is 9.08. The molecular weight excluding hydrogens is 623 g/mol. The Morgan fingerprint density at radius 1 is 0.761 bits per heavy atom. The number of ether oxygens (including phenoxy) is 1. The zero-order valence-corrected chi connectivity index (χ0v) is 27.0. The molecule has 8 rings (SSSR count). The van der Waals surface area contributed by atoms with Crippen molar-refractivity contribution in [1.29, 1.82) is 0 Å². The molecule has 9 heteroatoms. The van der Waals surface area contributed by atoms with Gasteiger partial charge >= 0.3 is 5.97 Å². The van der Waals surface area contributed by atoms with Gasteiger partial charge in [0, 0.05) is 66.5 Å². The molecule has 2 atom stereocenters. The third-order valence-corrected chi connectivity index (χ3v) is 11.9. The maximum atomic E-state index is 14.7. The Labute approximate surface area is 277 Å². The van der Waals surface area contributed by atoms with Gasteiger partial charge in [-0.05, 0) is 54.0 Å². The van der Waals surface area contributed by atoms with Crippen molar-refractivity contribution < 1.29 is 24.2 Å². The van der Waals surface area contributed by atoms with E-state index >= 15 is 0 Å².